The van der Waals surface area contributed by atoms with E-state index in [9.17, 15) is 4.79 Å². The van der Waals surface area contributed by atoms with Gasteiger partial charge in [-0.15, -0.1) is 0 Å². The maximum Gasteiger partial charge on any atom is 0.166 e. The van der Waals surface area contributed by atoms with Crippen LogP contribution in [-0.4, -0.2) is 24.3 Å². The van der Waals surface area contributed by atoms with Crippen molar-refractivity contribution in [3.05, 3.63) is 41.6 Å². The number of carbonyl (C=O) groups excluding carboxylic acids is 1. The van der Waals surface area contributed by atoms with Gasteiger partial charge in [0.05, 0.1) is 5.70 Å². The lowest BCUT2D eigenvalue weighted by Crippen LogP contribution is -2.25. The fourth-order valence-corrected chi connectivity index (χ4v) is 1.83. The van der Waals surface area contributed by atoms with Gasteiger partial charge in [0.2, 0.25) is 0 Å². The number of hydrogen-bond donors (Lipinski definition) is 0. The van der Waals surface area contributed by atoms with Crippen LogP contribution in [0.1, 0.15) is 32.3 Å². The van der Waals surface area contributed by atoms with Crippen LogP contribution in [0.4, 0.5) is 0 Å². The predicted molar refractivity (Wildman–Crippen MR) is 72.6 cm³/mol. The Bertz CT molecular complexity index is 350. The zero-order valence-electron chi connectivity index (χ0n) is 10.7. The molecule has 92 valence electrons. The molecule has 0 spiro atoms. The van der Waals surface area contributed by atoms with Crippen molar-refractivity contribution in [2.45, 2.75) is 26.7 Å². The maximum absolute atomic E-state index is 11.2. The zero-order valence-corrected chi connectivity index (χ0v) is 10.7. The summed E-state index contributed by atoms with van der Waals surface area (Å²) in [6, 6.07) is 9.98. The molecule has 0 aliphatic heterocycles. The quantitative estimate of drug-likeness (QED) is 0.530. The van der Waals surface area contributed by atoms with E-state index in [1.807, 2.05) is 36.4 Å². The third-order valence-electron chi connectivity index (χ3n) is 2.59. The first kappa shape index (κ1) is 13.5. The molecule has 2 nitrogen and oxygen atoms in total. The number of carbonyl (C=O) groups is 1. The normalized spacial score (nSPS) is 11.3. The van der Waals surface area contributed by atoms with Gasteiger partial charge in [-0.1, -0.05) is 44.2 Å². The van der Waals surface area contributed by atoms with Gasteiger partial charge in [0.1, 0.15) is 0 Å². The van der Waals surface area contributed by atoms with Crippen molar-refractivity contribution >= 4 is 12.4 Å². The molecule has 0 aliphatic rings. The molecule has 0 amide bonds. The van der Waals surface area contributed by atoms with Crippen LogP contribution in [0, 0.1) is 0 Å². The largest absolute Gasteiger partial charge is 0.369 e. The molecule has 2 heteroatoms. The SMILES string of the molecule is CCCN(CCC)C(C=O)=Cc1ccccc1. The minimum Gasteiger partial charge on any atom is -0.369 e. The standard InChI is InChI=1S/C15H21NO/c1-3-10-16(11-4-2)15(13-17)12-14-8-6-5-7-9-14/h5-9,12-13H,3-4,10-11H2,1-2H3. The van der Waals surface area contributed by atoms with E-state index in [0.29, 0.717) is 0 Å². The molecule has 17 heavy (non-hydrogen) atoms. The summed E-state index contributed by atoms with van der Waals surface area (Å²) in [4.78, 5) is 13.3. The van der Waals surface area contributed by atoms with Crippen molar-refractivity contribution in [1.82, 2.24) is 4.90 Å². The van der Waals surface area contributed by atoms with Gasteiger partial charge < -0.3 is 4.90 Å². The Balaban J connectivity index is 2.87. The molecule has 0 saturated carbocycles. The number of nitrogens with zero attached hydrogens (tertiary/aromatic N) is 1. The lowest BCUT2D eigenvalue weighted by Gasteiger charge is -2.23. The van der Waals surface area contributed by atoms with Crippen molar-refractivity contribution in [3.8, 4) is 0 Å². The second-order valence-corrected chi connectivity index (χ2v) is 4.08. The summed E-state index contributed by atoms with van der Waals surface area (Å²) in [6.45, 7) is 6.14. The molecular formula is C15H21NO. The first-order valence-electron chi connectivity index (χ1n) is 6.28. The van der Waals surface area contributed by atoms with Crippen molar-refractivity contribution in [2.24, 2.45) is 0 Å². The Kier molecular flexibility index (Phi) is 6.08. The van der Waals surface area contributed by atoms with Gasteiger partial charge in [-0.2, -0.15) is 0 Å². The third kappa shape index (κ3) is 4.43. The second kappa shape index (κ2) is 7.66. The number of benzene rings is 1. The van der Waals surface area contributed by atoms with E-state index in [0.717, 1.165) is 43.5 Å². The Labute approximate surface area is 104 Å². The van der Waals surface area contributed by atoms with E-state index < -0.39 is 0 Å². The molecule has 0 aliphatic carbocycles. The number of allylic oxidation sites excluding steroid dienone is 1. The van der Waals surface area contributed by atoms with E-state index >= 15 is 0 Å². The lowest BCUT2D eigenvalue weighted by atomic mass is 10.2. The van der Waals surface area contributed by atoms with Crippen molar-refractivity contribution in [3.63, 3.8) is 0 Å². The topological polar surface area (TPSA) is 20.3 Å². The summed E-state index contributed by atoms with van der Waals surface area (Å²) in [5, 5.41) is 0. The van der Waals surface area contributed by atoms with Crippen LogP contribution in [0.25, 0.3) is 6.08 Å². The minimum absolute atomic E-state index is 0.778. The smallest absolute Gasteiger partial charge is 0.166 e. The van der Waals surface area contributed by atoms with E-state index in [4.69, 9.17) is 0 Å². The highest BCUT2D eigenvalue weighted by Crippen LogP contribution is 2.10. The van der Waals surface area contributed by atoms with E-state index in [1.54, 1.807) is 0 Å². The first-order chi connectivity index (χ1) is 8.31. The summed E-state index contributed by atoms with van der Waals surface area (Å²) in [5.74, 6) is 0. The molecule has 0 saturated heterocycles. The monoisotopic (exact) mass is 231 g/mol. The van der Waals surface area contributed by atoms with Crippen LogP contribution in [0.2, 0.25) is 0 Å². The van der Waals surface area contributed by atoms with E-state index in [-0.39, 0.29) is 0 Å². The third-order valence-corrected chi connectivity index (χ3v) is 2.59. The maximum atomic E-state index is 11.2. The Morgan fingerprint density at radius 3 is 2.18 bits per heavy atom. The van der Waals surface area contributed by atoms with Gasteiger partial charge in [-0.25, -0.2) is 0 Å². The predicted octanol–water partition coefficient (Wildman–Crippen LogP) is 3.35. The molecule has 0 radical (unpaired) electrons. The van der Waals surface area contributed by atoms with Gasteiger partial charge in [-0.05, 0) is 24.5 Å². The summed E-state index contributed by atoms with van der Waals surface area (Å²) < 4.78 is 0. The molecule has 0 N–H and O–H groups in total. The highest BCUT2D eigenvalue weighted by atomic mass is 16.1. The summed E-state index contributed by atoms with van der Waals surface area (Å²) in [6.07, 6.45) is 5.02. The Morgan fingerprint density at radius 2 is 1.71 bits per heavy atom. The number of rotatable bonds is 7. The summed E-state index contributed by atoms with van der Waals surface area (Å²) in [5.41, 5.74) is 1.85. The van der Waals surface area contributed by atoms with Gasteiger partial charge >= 0.3 is 0 Å². The van der Waals surface area contributed by atoms with Gasteiger partial charge in [0.15, 0.2) is 6.29 Å². The van der Waals surface area contributed by atoms with Crippen LogP contribution in [0.3, 0.4) is 0 Å². The molecule has 0 atom stereocenters. The van der Waals surface area contributed by atoms with Gasteiger partial charge in [0.25, 0.3) is 0 Å². The number of aldehydes is 1. The summed E-state index contributed by atoms with van der Waals surface area (Å²) in [7, 11) is 0. The number of hydrogen-bond acceptors (Lipinski definition) is 2. The van der Waals surface area contributed by atoms with Crippen molar-refractivity contribution in [2.75, 3.05) is 13.1 Å². The van der Waals surface area contributed by atoms with Gasteiger partial charge in [-0.3, -0.25) is 4.79 Å². The van der Waals surface area contributed by atoms with Crippen LogP contribution in [-0.2, 0) is 4.79 Å². The van der Waals surface area contributed by atoms with Crippen LogP contribution in [0.5, 0.6) is 0 Å². The van der Waals surface area contributed by atoms with Crippen LogP contribution >= 0.6 is 0 Å². The minimum atomic E-state index is 0.778. The fraction of sp³-hybridized carbons (Fsp3) is 0.400. The highest BCUT2D eigenvalue weighted by molar-refractivity contribution is 5.80. The zero-order chi connectivity index (χ0) is 12.5. The van der Waals surface area contributed by atoms with E-state index in [1.165, 1.54) is 0 Å². The molecule has 0 fully saturated rings. The van der Waals surface area contributed by atoms with Crippen molar-refractivity contribution < 1.29 is 4.79 Å². The fourth-order valence-electron chi connectivity index (χ4n) is 1.83. The summed E-state index contributed by atoms with van der Waals surface area (Å²) >= 11 is 0. The van der Waals surface area contributed by atoms with Crippen LogP contribution < -0.4 is 0 Å². The average Bonchev–Trinajstić information content (AvgIpc) is 2.37. The van der Waals surface area contributed by atoms with E-state index in [2.05, 4.69) is 18.7 Å². The second-order valence-electron chi connectivity index (χ2n) is 4.08. The first-order valence-corrected chi connectivity index (χ1v) is 6.28. The Hall–Kier alpha value is -1.57. The van der Waals surface area contributed by atoms with Crippen LogP contribution in [0.15, 0.2) is 36.0 Å². The molecule has 0 heterocycles. The van der Waals surface area contributed by atoms with Crippen molar-refractivity contribution in [1.29, 1.82) is 0 Å². The lowest BCUT2D eigenvalue weighted by molar-refractivity contribution is -0.106. The average molecular weight is 231 g/mol. The molecule has 1 aromatic rings. The van der Waals surface area contributed by atoms with Gasteiger partial charge in [0, 0.05) is 13.1 Å². The highest BCUT2D eigenvalue weighted by Gasteiger charge is 2.06. The Morgan fingerprint density at radius 1 is 1.12 bits per heavy atom. The molecular weight excluding hydrogens is 210 g/mol. The molecule has 1 rings (SSSR count). The molecule has 0 bridgehead atoms. The molecule has 0 unspecified atom stereocenters. The molecule has 0 aromatic heterocycles. The molecule has 1 aromatic carbocycles.